The summed E-state index contributed by atoms with van der Waals surface area (Å²) in [7, 11) is -2.69. The van der Waals surface area contributed by atoms with Gasteiger partial charge in [-0.3, -0.25) is 10.1 Å². The second kappa shape index (κ2) is 7.26. The van der Waals surface area contributed by atoms with E-state index in [1.807, 2.05) is 0 Å². The van der Waals surface area contributed by atoms with Gasteiger partial charge in [0.15, 0.2) is 0 Å². The lowest BCUT2D eigenvalue weighted by molar-refractivity contribution is 0.0992. The Morgan fingerprint density at radius 3 is 2.60 bits per heavy atom. The van der Waals surface area contributed by atoms with Gasteiger partial charge in [0.1, 0.15) is 16.3 Å². The monoisotopic (exact) mass is 367 g/mol. The average molecular weight is 367 g/mol. The zero-order valence-electron chi connectivity index (χ0n) is 13.6. The van der Waals surface area contributed by atoms with Crippen LogP contribution in [-0.2, 0) is 21.9 Å². The minimum absolute atomic E-state index is 0.0150. The minimum atomic E-state index is -4.18. The number of carbonyl (C=O) groups excluding carboxylic acids is 2. The van der Waals surface area contributed by atoms with Crippen molar-refractivity contribution in [2.24, 2.45) is 12.8 Å². The molecule has 0 radical (unpaired) electrons. The number of primary amides is 1. The minimum Gasteiger partial charge on any atom is -0.450 e. The number of aryl methyl sites for hydroxylation is 1. The Labute approximate surface area is 144 Å². The quantitative estimate of drug-likeness (QED) is 0.744. The van der Waals surface area contributed by atoms with Gasteiger partial charge in [-0.1, -0.05) is 6.07 Å². The summed E-state index contributed by atoms with van der Waals surface area (Å²) in [6.07, 6.45) is 0.549. The van der Waals surface area contributed by atoms with Gasteiger partial charge >= 0.3 is 16.2 Å². The van der Waals surface area contributed by atoms with E-state index < -0.39 is 22.1 Å². The number of ether oxygens (including phenoxy) is 1. The Bertz CT molecular complexity index is 904. The first-order valence-corrected chi connectivity index (χ1v) is 8.58. The number of carbonyl (C=O) groups is 2. The third-order valence-electron chi connectivity index (χ3n) is 3.08. The van der Waals surface area contributed by atoms with E-state index in [0.29, 0.717) is 5.69 Å². The maximum atomic E-state index is 12.3. The fourth-order valence-corrected chi connectivity index (χ4v) is 3.00. The topological polar surface area (TPSA) is 130 Å². The van der Waals surface area contributed by atoms with Gasteiger partial charge < -0.3 is 19.2 Å². The van der Waals surface area contributed by atoms with Crippen LogP contribution in [0.3, 0.4) is 0 Å². The number of amides is 2. The molecule has 0 saturated carbocycles. The van der Waals surface area contributed by atoms with Crippen molar-refractivity contribution in [2.45, 2.75) is 11.8 Å². The molecule has 0 aliphatic carbocycles. The summed E-state index contributed by atoms with van der Waals surface area (Å²) in [5.41, 5.74) is 5.50. The molecule has 0 saturated heterocycles. The molecule has 1 heterocycles. The van der Waals surface area contributed by atoms with E-state index in [-0.39, 0.29) is 22.9 Å². The van der Waals surface area contributed by atoms with Crippen LogP contribution in [0.25, 0.3) is 0 Å². The lowest BCUT2D eigenvalue weighted by Gasteiger charge is -2.08. The van der Waals surface area contributed by atoms with Gasteiger partial charge in [-0.25, -0.2) is 4.79 Å². The van der Waals surface area contributed by atoms with Crippen LogP contribution in [0.15, 0.2) is 41.4 Å². The summed E-state index contributed by atoms with van der Waals surface area (Å²) < 4.78 is 35.7. The highest BCUT2D eigenvalue weighted by Crippen LogP contribution is 2.23. The molecular weight excluding hydrogens is 350 g/mol. The molecule has 0 unspecified atom stereocenters. The van der Waals surface area contributed by atoms with Crippen LogP contribution in [0.4, 0.5) is 10.5 Å². The van der Waals surface area contributed by atoms with Gasteiger partial charge in [-0.05, 0) is 25.1 Å². The third kappa shape index (κ3) is 4.51. The summed E-state index contributed by atoms with van der Waals surface area (Å²) in [5.74, 6) is -0.775. The lowest BCUT2D eigenvalue weighted by Crippen LogP contribution is -2.14. The van der Waals surface area contributed by atoms with Crippen LogP contribution in [0.5, 0.6) is 5.75 Å². The Morgan fingerprint density at radius 2 is 2.00 bits per heavy atom. The van der Waals surface area contributed by atoms with Gasteiger partial charge in [-0.2, -0.15) is 8.42 Å². The Kier molecular flexibility index (Phi) is 5.32. The fourth-order valence-electron chi connectivity index (χ4n) is 2.00. The number of aromatic nitrogens is 1. The summed E-state index contributed by atoms with van der Waals surface area (Å²) in [6, 6.07) is 6.91. The maximum absolute atomic E-state index is 12.3. The summed E-state index contributed by atoms with van der Waals surface area (Å²) in [4.78, 5) is 22.4. The molecule has 2 aromatic rings. The highest BCUT2D eigenvalue weighted by atomic mass is 32.2. The van der Waals surface area contributed by atoms with Crippen molar-refractivity contribution < 1.29 is 26.9 Å². The van der Waals surface area contributed by atoms with Gasteiger partial charge in [-0.15, -0.1) is 0 Å². The van der Waals surface area contributed by atoms with Gasteiger partial charge in [0, 0.05) is 25.0 Å². The molecule has 2 amide bonds. The second-order valence-corrected chi connectivity index (χ2v) is 6.49. The van der Waals surface area contributed by atoms with Crippen molar-refractivity contribution in [3.05, 3.63) is 42.2 Å². The summed E-state index contributed by atoms with van der Waals surface area (Å²) in [6.45, 7) is 1.86. The van der Waals surface area contributed by atoms with E-state index in [1.165, 1.54) is 36.0 Å². The van der Waals surface area contributed by atoms with Gasteiger partial charge in [0.2, 0.25) is 0 Å². The molecule has 10 heteroatoms. The molecule has 1 aromatic carbocycles. The van der Waals surface area contributed by atoms with Gasteiger partial charge in [0.25, 0.3) is 5.91 Å². The number of rotatable bonds is 6. The van der Waals surface area contributed by atoms with E-state index in [9.17, 15) is 18.0 Å². The number of benzene rings is 1. The zero-order chi connectivity index (χ0) is 18.6. The fraction of sp³-hybridized carbons (Fsp3) is 0.200. The Balaban J connectivity index is 2.22. The number of nitrogens with one attached hydrogen (secondary N) is 1. The Hall–Kier alpha value is -3.01. The van der Waals surface area contributed by atoms with Crippen molar-refractivity contribution in [2.75, 3.05) is 11.9 Å². The van der Waals surface area contributed by atoms with Crippen LogP contribution in [0, 0.1) is 0 Å². The molecule has 1 aromatic heterocycles. The first-order valence-electron chi connectivity index (χ1n) is 7.17. The van der Waals surface area contributed by atoms with E-state index in [0.717, 1.165) is 6.07 Å². The van der Waals surface area contributed by atoms with E-state index in [4.69, 9.17) is 14.7 Å². The molecule has 9 nitrogen and oxygen atoms in total. The van der Waals surface area contributed by atoms with Crippen LogP contribution in [-0.4, -0.2) is 31.6 Å². The molecule has 134 valence electrons. The normalized spacial score (nSPS) is 11.0. The molecular formula is C15H17N3O6S. The average Bonchev–Trinajstić information content (AvgIpc) is 2.90. The number of hydrogen-bond acceptors (Lipinski definition) is 6. The molecule has 0 spiro atoms. The molecule has 0 atom stereocenters. The van der Waals surface area contributed by atoms with E-state index in [1.54, 1.807) is 13.0 Å². The zero-order valence-corrected chi connectivity index (χ0v) is 14.4. The first-order chi connectivity index (χ1) is 11.7. The van der Waals surface area contributed by atoms with E-state index in [2.05, 4.69) is 5.32 Å². The standard InChI is InChI=1S/C15H17N3O6S/c1-3-23-15(20)17-10-5-4-6-11(7-10)24-25(21,22)12-8-13(14(16)19)18(2)9-12/h4-9H,3H2,1-2H3,(H2,16,19)(H,17,20). The maximum Gasteiger partial charge on any atom is 0.411 e. The SMILES string of the molecule is CCOC(=O)Nc1cccc(OS(=O)(=O)c2cc(C(N)=O)n(C)c2)c1. The number of nitrogens with zero attached hydrogens (tertiary/aromatic N) is 1. The molecule has 0 aliphatic heterocycles. The molecule has 2 rings (SSSR count). The van der Waals surface area contributed by atoms with Crippen LogP contribution < -0.4 is 15.2 Å². The smallest absolute Gasteiger partial charge is 0.411 e. The predicted octanol–water partition coefficient (Wildman–Crippen LogP) is 1.46. The third-order valence-corrected chi connectivity index (χ3v) is 4.30. The van der Waals surface area contributed by atoms with Crippen molar-refractivity contribution in [1.82, 2.24) is 4.57 Å². The highest BCUT2D eigenvalue weighted by molar-refractivity contribution is 7.87. The highest BCUT2D eigenvalue weighted by Gasteiger charge is 2.21. The predicted molar refractivity (Wildman–Crippen MR) is 88.8 cm³/mol. The molecule has 0 fully saturated rings. The summed E-state index contributed by atoms with van der Waals surface area (Å²) >= 11 is 0. The van der Waals surface area contributed by atoms with Crippen LogP contribution in [0.2, 0.25) is 0 Å². The van der Waals surface area contributed by atoms with Crippen molar-refractivity contribution in [1.29, 1.82) is 0 Å². The number of nitrogens with two attached hydrogens (primary N) is 1. The molecule has 0 bridgehead atoms. The largest absolute Gasteiger partial charge is 0.450 e. The molecule has 3 N–H and O–H groups in total. The first kappa shape index (κ1) is 18.3. The van der Waals surface area contributed by atoms with Crippen molar-refractivity contribution in [3.63, 3.8) is 0 Å². The van der Waals surface area contributed by atoms with Crippen LogP contribution >= 0.6 is 0 Å². The van der Waals surface area contributed by atoms with Gasteiger partial charge in [0.05, 0.1) is 6.61 Å². The Morgan fingerprint density at radius 1 is 1.28 bits per heavy atom. The lowest BCUT2D eigenvalue weighted by atomic mass is 10.3. The molecule has 25 heavy (non-hydrogen) atoms. The van der Waals surface area contributed by atoms with Crippen molar-refractivity contribution in [3.8, 4) is 5.75 Å². The second-order valence-electron chi connectivity index (χ2n) is 4.95. The van der Waals surface area contributed by atoms with Crippen molar-refractivity contribution >= 4 is 27.8 Å². The number of anilines is 1. The van der Waals surface area contributed by atoms with E-state index >= 15 is 0 Å². The number of hydrogen-bond donors (Lipinski definition) is 2. The molecule has 0 aliphatic rings. The summed E-state index contributed by atoms with van der Waals surface area (Å²) in [5, 5.41) is 2.44. The van der Waals surface area contributed by atoms with Crippen LogP contribution in [0.1, 0.15) is 17.4 Å².